The summed E-state index contributed by atoms with van der Waals surface area (Å²) in [6, 6.07) is 0. The van der Waals surface area contributed by atoms with Crippen molar-refractivity contribution in [1.82, 2.24) is 9.78 Å². The molecule has 1 heterocycles. The van der Waals surface area contributed by atoms with E-state index in [1.807, 2.05) is 0 Å². The van der Waals surface area contributed by atoms with Crippen molar-refractivity contribution < 1.29 is 9.53 Å². The predicted octanol–water partition coefficient (Wildman–Crippen LogP) is 2.30. The summed E-state index contributed by atoms with van der Waals surface area (Å²) in [5.41, 5.74) is 1.04. The van der Waals surface area contributed by atoms with Crippen molar-refractivity contribution in [3.63, 3.8) is 0 Å². The van der Waals surface area contributed by atoms with Crippen LogP contribution in [0.5, 0.6) is 0 Å². The smallest absolute Gasteiger partial charge is 0.155 e. The third-order valence-electron chi connectivity index (χ3n) is 2.12. The molecule has 1 aromatic heterocycles. The summed E-state index contributed by atoms with van der Waals surface area (Å²) in [5.74, 6) is 0. The van der Waals surface area contributed by atoms with Gasteiger partial charge in [-0.1, -0.05) is 24.9 Å². The zero-order chi connectivity index (χ0) is 11.3. The van der Waals surface area contributed by atoms with Crippen LogP contribution in [0.2, 0.25) is 5.15 Å². The molecule has 0 aliphatic rings. The molecule has 0 radical (unpaired) electrons. The lowest BCUT2D eigenvalue weighted by molar-refractivity contribution is 0.111. The number of hydrogen-bond donors (Lipinski definition) is 0. The average Bonchev–Trinajstić information content (AvgIpc) is 2.52. The molecule has 1 rings (SSSR count). The number of aromatic nitrogens is 2. The molecule has 0 aliphatic heterocycles. The Morgan fingerprint density at radius 3 is 2.87 bits per heavy atom. The highest BCUT2D eigenvalue weighted by molar-refractivity contribution is 6.32. The largest absolute Gasteiger partial charge is 0.378 e. The fourth-order valence-corrected chi connectivity index (χ4v) is 1.59. The van der Waals surface area contributed by atoms with Gasteiger partial charge in [0.1, 0.15) is 10.8 Å². The summed E-state index contributed by atoms with van der Waals surface area (Å²) in [6.07, 6.45) is 2.78. The van der Waals surface area contributed by atoms with Crippen LogP contribution in [-0.4, -0.2) is 23.2 Å². The lowest BCUT2D eigenvalue weighted by Gasteiger charge is -2.00. The van der Waals surface area contributed by atoms with Gasteiger partial charge in [0.05, 0.1) is 12.2 Å². The molecule has 0 bridgehead atoms. The fourth-order valence-electron chi connectivity index (χ4n) is 1.32. The lowest BCUT2D eigenvalue weighted by atomic mass is 10.3. The van der Waals surface area contributed by atoms with Gasteiger partial charge in [0.2, 0.25) is 0 Å². The van der Waals surface area contributed by atoms with Crippen LogP contribution in [0, 0.1) is 0 Å². The van der Waals surface area contributed by atoms with E-state index in [0.29, 0.717) is 23.0 Å². The SMILES string of the molecule is CCCCn1nc(COC)c(C=O)c1Cl. The number of methoxy groups -OCH3 is 1. The monoisotopic (exact) mass is 230 g/mol. The molecule has 4 nitrogen and oxygen atoms in total. The first kappa shape index (κ1) is 12.2. The molecule has 1 aromatic rings. The third-order valence-corrected chi connectivity index (χ3v) is 2.52. The Morgan fingerprint density at radius 2 is 2.33 bits per heavy atom. The lowest BCUT2D eigenvalue weighted by Crippen LogP contribution is -2.00. The van der Waals surface area contributed by atoms with E-state index in [0.717, 1.165) is 25.7 Å². The zero-order valence-corrected chi connectivity index (χ0v) is 9.75. The highest BCUT2D eigenvalue weighted by Crippen LogP contribution is 2.19. The van der Waals surface area contributed by atoms with Crippen molar-refractivity contribution in [2.45, 2.75) is 32.9 Å². The van der Waals surface area contributed by atoms with E-state index in [-0.39, 0.29) is 0 Å². The second kappa shape index (κ2) is 5.88. The fraction of sp³-hybridized carbons (Fsp3) is 0.600. The van der Waals surface area contributed by atoms with Crippen molar-refractivity contribution in [3.05, 3.63) is 16.4 Å². The molecular weight excluding hydrogens is 216 g/mol. The highest BCUT2D eigenvalue weighted by Gasteiger charge is 2.14. The maximum absolute atomic E-state index is 10.8. The second-order valence-corrected chi connectivity index (χ2v) is 3.64. The minimum atomic E-state index is 0.312. The Labute approximate surface area is 94.2 Å². The molecule has 0 saturated carbocycles. The molecule has 0 fully saturated rings. The van der Waals surface area contributed by atoms with Crippen molar-refractivity contribution >= 4 is 17.9 Å². The van der Waals surface area contributed by atoms with Gasteiger partial charge in [-0.05, 0) is 6.42 Å². The third kappa shape index (κ3) is 2.79. The van der Waals surface area contributed by atoms with Crippen LogP contribution in [0.1, 0.15) is 35.8 Å². The van der Waals surface area contributed by atoms with Gasteiger partial charge in [-0.2, -0.15) is 5.10 Å². The maximum atomic E-state index is 10.8. The zero-order valence-electron chi connectivity index (χ0n) is 8.99. The summed E-state index contributed by atoms with van der Waals surface area (Å²) in [4.78, 5) is 10.8. The van der Waals surface area contributed by atoms with Crippen LogP contribution in [0.3, 0.4) is 0 Å². The van der Waals surface area contributed by atoms with Crippen molar-refractivity contribution in [2.75, 3.05) is 7.11 Å². The summed E-state index contributed by atoms with van der Waals surface area (Å²) < 4.78 is 6.61. The first-order chi connectivity index (χ1) is 7.24. The van der Waals surface area contributed by atoms with E-state index in [1.54, 1.807) is 11.8 Å². The summed E-state index contributed by atoms with van der Waals surface area (Å²) in [7, 11) is 1.56. The van der Waals surface area contributed by atoms with E-state index in [1.165, 1.54) is 0 Å². The van der Waals surface area contributed by atoms with Crippen LogP contribution < -0.4 is 0 Å². The topological polar surface area (TPSA) is 44.1 Å². The standard InChI is InChI=1S/C10H15ClN2O2/c1-3-4-5-13-10(11)8(6-14)9(12-13)7-15-2/h6H,3-5,7H2,1-2H3. The van der Waals surface area contributed by atoms with E-state index < -0.39 is 0 Å². The molecule has 0 atom stereocenters. The molecular formula is C10H15ClN2O2. The number of halogens is 1. The molecule has 0 N–H and O–H groups in total. The number of nitrogens with zero attached hydrogens (tertiary/aromatic N) is 2. The number of carbonyl (C=O) groups is 1. The Kier molecular flexibility index (Phi) is 4.78. The number of rotatable bonds is 6. The van der Waals surface area contributed by atoms with E-state index in [2.05, 4.69) is 12.0 Å². The minimum absolute atomic E-state index is 0.312. The quantitative estimate of drug-likeness (QED) is 0.705. The van der Waals surface area contributed by atoms with Crippen LogP contribution in [0.25, 0.3) is 0 Å². The van der Waals surface area contributed by atoms with Crippen molar-refractivity contribution in [3.8, 4) is 0 Å². The first-order valence-electron chi connectivity index (χ1n) is 4.93. The normalized spacial score (nSPS) is 10.6. The van der Waals surface area contributed by atoms with Crippen LogP contribution in [0.15, 0.2) is 0 Å². The Balaban J connectivity index is 2.92. The first-order valence-corrected chi connectivity index (χ1v) is 5.31. The van der Waals surface area contributed by atoms with Crippen LogP contribution in [0.4, 0.5) is 0 Å². The van der Waals surface area contributed by atoms with Gasteiger partial charge < -0.3 is 4.74 Å². The number of aryl methyl sites for hydroxylation is 1. The molecule has 0 aromatic carbocycles. The average molecular weight is 231 g/mol. The highest BCUT2D eigenvalue weighted by atomic mass is 35.5. The summed E-state index contributed by atoms with van der Waals surface area (Å²) in [6.45, 7) is 3.14. The molecule has 0 spiro atoms. The maximum Gasteiger partial charge on any atom is 0.155 e. The summed E-state index contributed by atoms with van der Waals surface area (Å²) >= 11 is 6.01. The van der Waals surface area contributed by atoms with Gasteiger partial charge in [-0.15, -0.1) is 0 Å². The molecule has 84 valence electrons. The van der Waals surface area contributed by atoms with E-state index in [9.17, 15) is 4.79 Å². The Morgan fingerprint density at radius 1 is 1.60 bits per heavy atom. The van der Waals surface area contributed by atoms with Gasteiger partial charge in [0.25, 0.3) is 0 Å². The minimum Gasteiger partial charge on any atom is -0.378 e. The van der Waals surface area contributed by atoms with Crippen molar-refractivity contribution in [2.24, 2.45) is 0 Å². The molecule has 5 heteroatoms. The molecule has 15 heavy (non-hydrogen) atoms. The molecule has 0 saturated heterocycles. The molecule has 0 amide bonds. The Hall–Kier alpha value is -0.870. The van der Waals surface area contributed by atoms with Gasteiger partial charge in [0.15, 0.2) is 6.29 Å². The number of ether oxygens (including phenoxy) is 1. The number of unbranched alkanes of at least 4 members (excludes halogenated alkanes) is 1. The number of carbonyl (C=O) groups excluding carboxylic acids is 1. The van der Waals surface area contributed by atoms with Gasteiger partial charge in [-0.3, -0.25) is 9.48 Å². The number of hydrogen-bond acceptors (Lipinski definition) is 3. The predicted molar refractivity (Wildman–Crippen MR) is 58.2 cm³/mol. The molecule has 0 unspecified atom stereocenters. The van der Waals surface area contributed by atoms with Crippen molar-refractivity contribution in [1.29, 1.82) is 0 Å². The van der Waals surface area contributed by atoms with Gasteiger partial charge in [0, 0.05) is 13.7 Å². The van der Waals surface area contributed by atoms with Crippen LogP contribution >= 0.6 is 11.6 Å². The Bertz CT molecular complexity index is 336. The number of aldehydes is 1. The van der Waals surface area contributed by atoms with Gasteiger partial charge >= 0.3 is 0 Å². The second-order valence-electron chi connectivity index (χ2n) is 3.28. The van der Waals surface area contributed by atoms with E-state index in [4.69, 9.17) is 16.3 Å². The molecule has 0 aliphatic carbocycles. The summed E-state index contributed by atoms with van der Waals surface area (Å²) in [5, 5.41) is 4.64. The van der Waals surface area contributed by atoms with E-state index >= 15 is 0 Å². The van der Waals surface area contributed by atoms with Gasteiger partial charge in [-0.25, -0.2) is 0 Å². The van der Waals surface area contributed by atoms with Crippen LogP contribution in [-0.2, 0) is 17.9 Å².